The minimum atomic E-state index is -1.13. The first kappa shape index (κ1) is 33.8. The molecule has 6 rings (SSSR count). The smallest absolute Gasteiger partial charge is 0.455 e. The number of rotatable bonds is 10. The lowest BCUT2D eigenvalue weighted by atomic mass is 9.58. The molecule has 2 aromatic carbocycles. The lowest BCUT2D eigenvalue weighted by molar-refractivity contribution is -0.384. The molecule has 3 aromatic rings. The standard InChI is InChI=1S/C35H35BIN3O8/c1-3-7-22-17-25-32(35(43)39(34(25)42)23-8-6-9-24(18-23)40(45)46)26-19-36(44)48-29(31(22)26)12-11-21(28-10-4-5-13-38-28)14-20-15-27(37)33(41)30(16-20)47-2/h4-6,8-10,13-16,18,25-26,29,32,41,44H,3,7,11-12,17,19H2,1-2H3/b21-14-/t25-,26+,29-,32-/m1/s1. The average Bonchev–Trinajstić information content (AvgIpc) is 3.33. The van der Waals surface area contributed by atoms with Crippen molar-refractivity contribution in [1.82, 2.24) is 4.98 Å². The Morgan fingerprint density at radius 3 is 2.71 bits per heavy atom. The summed E-state index contributed by atoms with van der Waals surface area (Å²) >= 11 is 2.06. The summed E-state index contributed by atoms with van der Waals surface area (Å²) in [6, 6.07) is 14.9. The van der Waals surface area contributed by atoms with Crippen LogP contribution in [0.1, 0.15) is 50.3 Å². The maximum absolute atomic E-state index is 14.1. The fraction of sp³-hybridized carbons (Fsp3) is 0.343. The van der Waals surface area contributed by atoms with Gasteiger partial charge in [0, 0.05) is 18.3 Å². The summed E-state index contributed by atoms with van der Waals surface area (Å²) in [6.07, 6.45) is 6.34. The van der Waals surface area contributed by atoms with Crippen LogP contribution >= 0.6 is 22.6 Å². The van der Waals surface area contributed by atoms with Crippen molar-refractivity contribution >= 4 is 64.5 Å². The molecule has 0 bridgehead atoms. The van der Waals surface area contributed by atoms with E-state index in [9.17, 15) is 29.8 Å². The van der Waals surface area contributed by atoms with Crippen molar-refractivity contribution in [2.24, 2.45) is 17.8 Å². The Bertz CT molecular complexity index is 1820. The zero-order valence-corrected chi connectivity index (χ0v) is 28.7. The van der Waals surface area contributed by atoms with E-state index >= 15 is 0 Å². The van der Waals surface area contributed by atoms with Gasteiger partial charge in [0.05, 0.1) is 44.9 Å². The van der Waals surface area contributed by atoms with E-state index in [4.69, 9.17) is 9.39 Å². The number of non-ortho nitro benzene ring substituents is 1. The normalized spacial score (nSPS) is 22.5. The molecule has 2 fully saturated rings. The molecule has 2 saturated heterocycles. The number of ether oxygens (including phenoxy) is 1. The van der Waals surface area contributed by atoms with Crippen LogP contribution in [0.15, 0.2) is 71.9 Å². The molecular weight excluding hydrogens is 728 g/mol. The highest BCUT2D eigenvalue weighted by Crippen LogP contribution is 2.52. The zero-order valence-electron chi connectivity index (χ0n) is 26.5. The number of pyridine rings is 1. The van der Waals surface area contributed by atoms with Gasteiger partial charge in [0.15, 0.2) is 11.5 Å². The van der Waals surface area contributed by atoms with Gasteiger partial charge in [-0.1, -0.05) is 31.1 Å². The molecule has 4 atom stereocenters. The third-order valence-corrected chi connectivity index (χ3v) is 10.3. The van der Waals surface area contributed by atoms with Gasteiger partial charge in [0.2, 0.25) is 11.8 Å². The van der Waals surface area contributed by atoms with Crippen LogP contribution in [0.3, 0.4) is 0 Å². The van der Waals surface area contributed by atoms with Crippen LogP contribution in [-0.4, -0.2) is 52.2 Å². The lowest BCUT2D eigenvalue weighted by Gasteiger charge is -2.43. The summed E-state index contributed by atoms with van der Waals surface area (Å²) in [4.78, 5) is 44.5. The Hall–Kier alpha value is -4.08. The van der Waals surface area contributed by atoms with Gasteiger partial charge in [-0.05, 0) is 114 Å². The number of anilines is 1. The molecule has 248 valence electrons. The topological polar surface area (TPSA) is 152 Å². The Kier molecular flexibility index (Phi) is 9.99. The number of phenols is 1. The molecule has 0 radical (unpaired) electrons. The van der Waals surface area contributed by atoms with E-state index in [2.05, 4.69) is 34.5 Å². The second kappa shape index (κ2) is 14.2. The van der Waals surface area contributed by atoms with E-state index in [-0.39, 0.29) is 29.4 Å². The molecule has 11 nitrogen and oxygen atoms in total. The molecule has 0 spiro atoms. The molecular formula is C35H35BIN3O8. The fourth-order valence-corrected chi connectivity index (χ4v) is 8.08. The molecule has 0 saturated carbocycles. The van der Waals surface area contributed by atoms with Crippen molar-refractivity contribution in [3.63, 3.8) is 0 Å². The zero-order chi connectivity index (χ0) is 34.1. The van der Waals surface area contributed by atoms with Gasteiger partial charge in [-0.25, -0.2) is 4.90 Å². The van der Waals surface area contributed by atoms with Crippen molar-refractivity contribution in [3.8, 4) is 11.5 Å². The molecule has 2 N–H and O–H groups in total. The number of nitro benzene ring substituents is 1. The second-order valence-corrected chi connectivity index (χ2v) is 13.5. The number of aromatic hydroxyl groups is 1. The number of hydrogen-bond acceptors (Lipinski definition) is 9. The number of nitro groups is 1. The minimum Gasteiger partial charge on any atom is -0.504 e. The number of methoxy groups -OCH3 is 1. The van der Waals surface area contributed by atoms with Gasteiger partial charge in [0.25, 0.3) is 5.69 Å². The molecule has 3 aliphatic rings. The predicted octanol–water partition coefficient (Wildman–Crippen LogP) is 6.43. The summed E-state index contributed by atoms with van der Waals surface area (Å²) in [5, 5.41) is 32.9. The fourth-order valence-electron chi connectivity index (χ4n) is 7.45. The summed E-state index contributed by atoms with van der Waals surface area (Å²) in [5.74, 6) is -2.07. The molecule has 1 aromatic heterocycles. The van der Waals surface area contributed by atoms with E-state index < -0.39 is 41.8 Å². The van der Waals surface area contributed by atoms with Crippen LogP contribution < -0.4 is 9.64 Å². The van der Waals surface area contributed by atoms with E-state index in [1.54, 1.807) is 18.3 Å². The van der Waals surface area contributed by atoms with Crippen LogP contribution in [0.25, 0.3) is 11.6 Å². The minimum absolute atomic E-state index is 0.0697. The summed E-state index contributed by atoms with van der Waals surface area (Å²) < 4.78 is 12.2. The number of phenolic OH excluding ortho intramolecular Hbond substituents is 1. The summed E-state index contributed by atoms with van der Waals surface area (Å²) in [5.41, 5.74) is 4.53. The monoisotopic (exact) mass is 763 g/mol. The number of amides is 2. The first-order valence-corrected chi connectivity index (χ1v) is 17.0. The van der Waals surface area contributed by atoms with E-state index in [1.807, 2.05) is 30.3 Å². The Morgan fingerprint density at radius 2 is 2.00 bits per heavy atom. The lowest BCUT2D eigenvalue weighted by Crippen LogP contribution is -2.46. The predicted molar refractivity (Wildman–Crippen MR) is 189 cm³/mol. The van der Waals surface area contributed by atoms with Crippen LogP contribution in [-0.2, 0) is 14.2 Å². The van der Waals surface area contributed by atoms with Gasteiger partial charge < -0.3 is 19.5 Å². The number of benzene rings is 2. The number of aromatic nitrogens is 1. The number of nitrogens with zero attached hydrogens (tertiary/aromatic N) is 3. The van der Waals surface area contributed by atoms with Gasteiger partial charge in [-0.2, -0.15) is 0 Å². The first-order chi connectivity index (χ1) is 23.1. The highest BCUT2D eigenvalue weighted by Gasteiger charge is 2.57. The highest BCUT2D eigenvalue weighted by atomic mass is 127. The molecule has 2 amide bonds. The largest absolute Gasteiger partial charge is 0.504 e. The van der Waals surface area contributed by atoms with Crippen LogP contribution in [0, 0.1) is 31.4 Å². The van der Waals surface area contributed by atoms with E-state index in [0.717, 1.165) is 45.7 Å². The van der Waals surface area contributed by atoms with Crippen molar-refractivity contribution in [2.45, 2.75) is 51.5 Å². The van der Waals surface area contributed by atoms with Gasteiger partial charge in [-0.3, -0.25) is 24.7 Å². The second-order valence-electron chi connectivity index (χ2n) is 12.3. The Morgan fingerprint density at radius 1 is 1.19 bits per heavy atom. The van der Waals surface area contributed by atoms with Crippen LogP contribution in [0.5, 0.6) is 11.5 Å². The number of imide groups is 1. The molecule has 13 heteroatoms. The molecule has 0 unspecified atom stereocenters. The van der Waals surface area contributed by atoms with Crippen LogP contribution in [0.2, 0.25) is 6.32 Å². The van der Waals surface area contributed by atoms with Crippen molar-refractivity contribution in [3.05, 3.63) is 96.9 Å². The average molecular weight is 763 g/mol. The van der Waals surface area contributed by atoms with Crippen LogP contribution in [0.4, 0.5) is 11.4 Å². The molecule has 1 aliphatic carbocycles. The highest BCUT2D eigenvalue weighted by molar-refractivity contribution is 14.1. The Balaban J connectivity index is 1.34. The third kappa shape index (κ3) is 6.50. The van der Waals surface area contributed by atoms with Gasteiger partial charge >= 0.3 is 7.12 Å². The number of halogens is 1. The number of carbonyl (C=O) groups is 2. The number of fused-ring (bicyclic) bond motifs is 3. The molecule has 3 heterocycles. The third-order valence-electron chi connectivity index (χ3n) is 9.44. The van der Waals surface area contributed by atoms with E-state index in [1.165, 1.54) is 25.3 Å². The maximum atomic E-state index is 14.1. The van der Waals surface area contributed by atoms with Crippen molar-refractivity contribution in [1.29, 1.82) is 0 Å². The van der Waals surface area contributed by atoms with Gasteiger partial charge in [0.1, 0.15) is 0 Å². The van der Waals surface area contributed by atoms with Crippen molar-refractivity contribution < 1.29 is 34.0 Å². The van der Waals surface area contributed by atoms with Gasteiger partial charge in [-0.15, -0.1) is 0 Å². The molecule has 2 aliphatic heterocycles. The Labute approximate surface area is 292 Å². The first-order valence-electron chi connectivity index (χ1n) is 16.0. The number of carbonyl (C=O) groups excluding carboxylic acids is 2. The quantitative estimate of drug-likeness (QED) is 0.0595. The number of allylic oxidation sites excluding steroid dienone is 2. The molecule has 48 heavy (non-hydrogen) atoms. The van der Waals surface area contributed by atoms with E-state index in [0.29, 0.717) is 28.6 Å². The SMILES string of the molecule is CCCC1=C2[C@@H](CC/C(=C/c3cc(I)c(O)c(OC)c3)c3ccccn3)OB(O)C[C@@H]2[C@@H]2C(=O)N(c3cccc([N+](=O)[O-])c3)C(=O)[C@@H]2C1. The maximum Gasteiger partial charge on any atom is 0.455 e. The summed E-state index contributed by atoms with van der Waals surface area (Å²) in [7, 11) is 0.368. The van der Waals surface area contributed by atoms with Crippen molar-refractivity contribution in [2.75, 3.05) is 12.0 Å². The summed E-state index contributed by atoms with van der Waals surface area (Å²) in [6.45, 7) is 2.06. The number of hydrogen-bond donors (Lipinski definition) is 2.